The Bertz CT molecular complexity index is 901. The quantitative estimate of drug-likeness (QED) is 0.655. The molecule has 0 aromatic heterocycles. The highest BCUT2D eigenvalue weighted by Gasteiger charge is 2.25. The van der Waals surface area contributed by atoms with Gasteiger partial charge in [-0.25, -0.2) is 0 Å². The molecule has 0 radical (unpaired) electrons. The fraction of sp³-hybridized carbons (Fsp3) is 0.417. The number of nitrogens with one attached hydrogen (secondary N) is 2. The molecule has 2 N–H and O–H groups in total. The summed E-state index contributed by atoms with van der Waals surface area (Å²) in [5, 5.41) is 5.74. The highest BCUT2D eigenvalue weighted by molar-refractivity contribution is 6.01. The average molecular weight is 442 g/mol. The van der Waals surface area contributed by atoms with E-state index < -0.39 is 6.04 Å². The Morgan fingerprint density at radius 3 is 2.09 bits per heavy atom. The van der Waals surface area contributed by atoms with Gasteiger partial charge < -0.3 is 29.7 Å². The number of rotatable bonds is 8. The number of nitrogens with zero attached hydrogens (tertiary/aromatic N) is 1. The molecule has 172 valence electrons. The molecule has 1 saturated heterocycles. The first-order valence-corrected chi connectivity index (χ1v) is 10.7. The number of morpholine rings is 1. The van der Waals surface area contributed by atoms with Crippen LogP contribution in [0.1, 0.15) is 24.2 Å². The third kappa shape index (κ3) is 5.91. The first kappa shape index (κ1) is 23.4. The summed E-state index contributed by atoms with van der Waals surface area (Å²) in [6.45, 7) is 6.90. The summed E-state index contributed by atoms with van der Waals surface area (Å²) in [6, 6.07) is 11.9. The number of carbonyl (C=O) groups is 2. The van der Waals surface area contributed by atoms with Crippen molar-refractivity contribution in [2.24, 2.45) is 5.92 Å². The van der Waals surface area contributed by atoms with E-state index in [9.17, 15) is 9.59 Å². The summed E-state index contributed by atoms with van der Waals surface area (Å²) in [4.78, 5) is 28.1. The van der Waals surface area contributed by atoms with Crippen molar-refractivity contribution in [1.82, 2.24) is 5.32 Å². The van der Waals surface area contributed by atoms with Crippen LogP contribution in [0.5, 0.6) is 11.5 Å². The van der Waals surface area contributed by atoms with Gasteiger partial charge >= 0.3 is 0 Å². The third-order valence-corrected chi connectivity index (χ3v) is 5.36. The Hall–Kier alpha value is -3.26. The van der Waals surface area contributed by atoms with Crippen LogP contribution >= 0.6 is 0 Å². The lowest BCUT2D eigenvalue weighted by atomic mass is 10.0. The minimum atomic E-state index is -0.710. The second-order valence-electron chi connectivity index (χ2n) is 7.93. The number of benzene rings is 2. The Labute approximate surface area is 188 Å². The molecule has 8 nitrogen and oxygen atoms in total. The Kier molecular flexibility index (Phi) is 7.94. The molecule has 1 aliphatic heterocycles. The molecular formula is C24H31N3O5. The molecule has 2 amide bonds. The predicted molar refractivity (Wildman–Crippen MR) is 124 cm³/mol. The Balaban J connectivity index is 1.67. The van der Waals surface area contributed by atoms with Crippen molar-refractivity contribution < 1.29 is 23.8 Å². The van der Waals surface area contributed by atoms with E-state index in [1.54, 1.807) is 18.2 Å². The highest BCUT2D eigenvalue weighted by atomic mass is 16.5. The van der Waals surface area contributed by atoms with Crippen molar-refractivity contribution in [2.75, 3.05) is 50.7 Å². The zero-order valence-corrected chi connectivity index (χ0v) is 19.0. The van der Waals surface area contributed by atoms with E-state index in [-0.39, 0.29) is 17.7 Å². The van der Waals surface area contributed by atoms with Gasteiger partial charge in [0.05, 0.1) is 27.4 Å². The van der Waals surface area contributed by atoms with Crippen LogP contribution in [-0.2, 0) is 9.53 Å². The topological polar surface area (TPSA) is 89.1 Å². The maximum Gasteiger partial charge on any atom is 0.252 e. The lowest BCUT2D eigenvalue weighted by Gasteiger charge is -2.29. The molecule has 1 atom stereocenters. The van der Waals surface area contributed by atoms with Crippen LogP contribution < -0.4 is 25.0 Å². The van der Waals surface area contributed by atoms with Gasteiger partial charge in [-0.15, -0.1) is 0 Å². The first-order chi connectivity index (χ1) is 15.4. The molecule has 8 heteroatoms. The van der Waals surface area contributed by atoms with Gasteiger partial charge in [0, 0.05) is 36.1 Å². The number of anilines is 2. The number of amides is 2. The number of methoxy groups -OCH3 is 2. The van der Waals surface area contributed by atoms with Gasteiger partial charge in [-0.3, -0.25) is 9.59 Å². The van der Waals surface area contributed by atoms with Crippen molar-refractivity contribution in [2.45, 2.75) is 19.9 Å². The van der Waals surface area contributed by atoms with Crippen LogP contribution in [0, 0.1) is 5.92 Å². The first-order valence-electron chi connectivity index (χ1n) is 10.7. The van der Waals surface area contributed by atoms with Gasteiger partial charge in [-0.2, -0.15) is 0 Å². The number of hydrogen-bond acceptors (Lipinski definition) is 6. The molecule has 1 aliphatic rings. The number of hydrogen-bond donors (Lipinski definition) is 2. The largest absolute Gasteiger partial charge is 0.497 e. The molecule has 0 unspecified atom stereocenters. The summed E-state index contributed by atoms with van der Waals surface area (Å²) in [5.41, 5.74) is 2.12. The lowest BCUT2D eigenvalue weighted by molar-refractivity contribution is -0.118. The molecule has 0 aliphatic carbocycles. The van der Waals surface area contributed by atoms with E-state index in [1.807, 2.05) is 38.1 Å². The average Bonchev–Trinajstić information content (AvgIpc) is 2.82. The van der Waals surface area contributed by atoms with Crippen LogP contribution in [0.3, 0.4) is 0 Å². The van der Waals surface area contributed by atoms with Crippen LogP contribution in [0.4, 0.5) is 11.4 Å². The molecule has 2 aromatic carbocycles. The van der Waals surface area contributed by atoms with E-state index in [0.29, 0.717) is 36.0 Å². The van der Waals surface area contributed by atoms with E-state index in [1.165, 1.54) is 14.2 Å². The van der Waals surface area contributed by atoms with Crippen LogP contribution in [0.2, 0.25) is 0 Å². The van der Waals surface area contributed by atoms with Crippen molar-refractivity contribution in [3.63, 3.8) is 0 Å². The number of carbonyl (C=O) groups excluding carboxylic acids is 2. The minimum absolute atomic E-state index is 0.112. The second-order valence-corrected chi connectivity index (χ2v) is 7.93. The van der Waals surface area contributed by atoms with Crippen molar-refractivity contribution in [3.8, 4) is 11.5 Å². The normalized spacial score (nSPS) is 14.6. The molecule has 0 saturated carbocycles. The van der Waals surface area contributed by atoms with Gasteiger partial charge in [-0.05, 0) is 42.3 Å². The maximum absolute atomic E-state index is 13.0. The monoisotopic (exact) mass is 441 g/mol. The second kappa shape index (κ2) is 10.9. The zero-order chi connectivity index (χ0) is 23.1. The lowest BCUT2D eigenvalue weighted by Crippen LogP contribution is -2.47. The Morgan fingerprint density at radius 2 is 1.56 bits per heavy atom. The Morgan fingerprint density at radius 1 is 0.969 bits per heavy atom. The maximum atomic E-state index is 13.0. The molecule has 0 bridgehead atoms. The van der Waals surface area contributed by atoms with Crippen LogP contribution in [0.25, 0.3) is 0 Å². The van der Waals surface area contributed by atoms with E-state index in [4.69, 9.17) is 14.2 Å². The third-order valence-electron chi connectivity index (χ3n) is 5.36. The van der Waals surface area contributed by atoms with Gasteiger partial charge in [-0.1, -0.05) is 13.8 Å². The molecule has 2 aromatic rings. The zero-order valence-electron chi connectivity index (χ0n) is 19.0. The van der Waals surface area contributed by atoms with Crippen molar-refractivity contribution in [1.29, 1.82) is 0 Å². The van der Waals surface area contributed by atoms with E-state index in [0.717, 1.165) is 18.8 Å². The van der Waals surface area contributed by atoms with Crippen LogP contribution in [-0.4, -0.2) is 58.4 Å². The standard InChI is InChI=1S/C24H31N3O5/c1-16(2)22(26-23(28)17-13-20(30-3)15-21(14-17)31-4)24(29)25-18-5-7-19(8-6-18)27-9-11-32-12-10-27/h5-8,13-16,22H,9-12H2,1-4H3,(H,25,29)(H,26,28)/t22-/m0/s1. The van der Waals surface area contributed by atoms with E-state index >= 15 is 0 Å². The van der Waals surface area contributed by atoms with E-state index in [2.05, 4.69) is 15.5 Å². The highest BCUT2D eigenvalue weighted by Crippen LogP contribution is 2.23. The summed E-state index contributed by atoms with van der Waals surface area (Å²) in [5.74, 6) is 0.237. The smallest absolute Gasteiger partial charge is 0.252 e. The SMILES string of the molecule is COc1cc(OC)cc(C(=O)N[C@H](C(=O)Nc2ccc(N3CCOCC3)cc2)C(C)C)c1. The fourth-order valence-electron chi connectivity index (χ4n) is 3.50. The van der Waals surface area contributed by atoms with Gasteiger partial charge in [0.25, 0.3) is 5.91 Å². The summed E-state index contributed by atoms with van der Waals surface area (Å²) >= 11 is 0. The summed E-state index contributed by atoms with van der Waals surface area (Å²) in [6.07, 6.45) is 0. The number of ether oxygens (including phenoxy) is 3. The molecule has 1 heterocycles. The molecular weight excluding hydrogens is 410 g/mol. The summed E-state index contributed by atoms with van der Waals surface area (Å²) in [7, 11) is 3.04. The predicted octanol–water partition coefficient (Wildman–Crippen LogP) is 2.93. The van der Waals surface area contributed by atoms with Crippen molar-refractivity contribution in [3.05, 3.63) is 48.0 Å². The summed E-state index contributed by atoms with van der Waals surface area (Å²) < 4.78 is 15.8. The van der Waals surface area contributed by atoms with Crippen molar-refractivity contribution >= 4 is 23.2 Å². The van der Waals surface area contributed by atoms with Crippen LogP contribution in [0.15, 0.2) is 42.5 Å². The molecule has 3 rings (SSSR count). The minimum Gasteiger partial charge on any atom is -0.497 e. The molecule has 0 spiro atoms. The fourth-order valence-corrected chi connectivity index (χ4v) is 3.50. The van der Waals surface area contributed by atoms with Gasteiger partial charge in [0.2, 0.25) is 5.91 Å². The molecule has 1 fully saturated rings. The van der Waals surface area contributed by atoms with Gasteiger partial charge in [0.15, 0.2) is 0 Å². The van der Waals surface area contributed by atoms with Gasteiger partial charge in [0.1, 0.15) is 17.5 Å². The molecule has 32 heavy (non-hydrogen) atoms.